The monoisotopic (exact) mass is 488 g/mol. The van der Waals surface area contributed by atoms with Gasteiger partial charge in [-0.05, 0) is 59.4 Å². The second-order valence-corrected chi connectivity index (χ2v) is 10.9. The fourth-order valence-electron chi connectivity index (χ4n) is 5.26. The molecule has 1 aliphatic carbocycles. The summed E-state index contributed by atoms with van der Waals surface area (Å²) >= 11 is 0. The number of amides is 1. The van der Waals surface area contributed by atoms with Gasteiger partial charge in [-0.25, -0.2) is 13.6 Å². The zero-order valence-electron chi connectivity index (χ0n) is 21.1. The standard InChI is InChI=1S/C28H38F2N2O3/c1-18-8-5-6-11-28(18,21-10-7-9-20(15-21)27(2,3)4)31-17-25(33)24(32-26(34)35)14-19-12-22(29)16-23(30)13-19/h7,9-10,12-13,15-16,18,24-25,31-33H,5-6,8,11,14,17H2,1-4H3,(H,34,35). The van der Waals surface area contributed by atoms with E-state index in [4.69, 9.17) is 0 Å². The summed E-state index contributed by atoms with van der Waals surface area (Å²) in [6.07, 6.45) is 1.70. The van der Waals surface area contributed by atoms with E-state index in [9.17, 15) is 23.8 Å². The predicted octanol–water partition coefficient (Wildman–Crippen LogP) is 5.50. The van der Waals surface area contributed by atoms with E-state index in [1.54, 1.807) is 0 Å². The molecule has 0 radical (unpaired) electrons. The summed E-state index contributed by atoms with van der Waals surface area (Å²) in [6, 6.07) is 10.7. The lowest BCUT2D eigenvalue weighted by Gasteiger charge is -2.45. The summed E-state index contributed by atoms with van der Waals surface area (Å²) in [5, 5.41) is 26.3. The van der Waals surface area contributed by atoms with Crippen LogP contribution in [0.25, 0.3) is 0 Å². The zero-order valence-corrected chi connectivity index (χ0v) is 21.1. The summed E-state index contributed by atoms with van der Waals surface area (Å²) in [6.45, 7) is 8.88. The van der Waals surface area contributed by atoms with Crippen LogP contribution in [0.5, 0.6) is 0 Å². The average molecular weight is 489 g/mol. The van der Waals surface area contributed by atoms with Gasteiger partial charge in [-0.2, -0.15) is 0 Å². The van der Waals surface area contributed by atoms with Gasteiger partial charge in [-0.3, -0.25) is 0 Å². The molecule has 1 saturated carbocycles. The Hall–Kier alpha value is -2.51. The van der Waals surface area contributed by atoms with Crippen LogP contribution in [-0.2, 0) is 17.4 Å². The third-order valence-corrected chi connectivity index (χ3v) is 7.32. The molecule has 7 heteroatoms. The number of rotatable bonds is 8. The number of nitrogens with one attached hydrogen (secondary N) is 2. The number of carbonyl (C=O) groups is 1. The molecule has 0 aromatic heterocycles. The van der Waals surface area contributed by atoms with Crippen molar-refractivity contribution in [1.29, 1.82) is 0 Å². The van der Waals surface area contributed by atoms with Crippen LogP contribution in [-0.4, -0.2) is 35.0 Å². The van der Waals surface area contributed by atoms with Gasteiger partial charge >= 0.3 is 6.09 Å². The van der Waals surface area contributed by atoms with Crippen molar-refractivity contribution >= 4 is 6.09 Å². The fourth-order valence-corrected chi connectivity index (χ4v) is 5.26. The molecule has 0 heterocycles. The largest absolute Gasteiger partial charge is 0.465 e. The number of hydrogen-bond acceptors (Lipinski definition) is 3. The topological polar surface area (TPSA) is 81.6 Å². The highest BCUT2D eigenvalue weighted by Gasteiger charge is 2.40. The molecule has 2 aromatic rings. The first kappa shape index (κ1) is 27.1. The van der Waals surface area contributed by atoms with Gasteiger partial charge in [0, 0.05) is 18.2 Å². The molecule has 1 aliphatic rings. The minimum atomic E-state index is -1.30. The number of aliphatic hydroxyl groups excluding tert-OH is 1. The van der Waals surface area contributed by atoms with Crippen molar-refractivity contribution in [3.8, 4) is 0 Å². The van der Waals surface area contributed by atoms with Crippen LogP contribution >= 0.6 is 0 Å². The predicted molar refractivity (Wildman–Crippen MR) is 133 cm³/mol. The Morgan fingerprint density at radius 2 is 1.83 bits per heavy atom. The number of aliphatic hydroxyl groups is 1. The molecule has 4 atom stereocenters. The van der Waals surface area contributed by atoms with Gasteiger partial charge in [-0.15, -0.1) is 0 Å². The van der Waals surface area contributed by atoms with E-state index in [2.05, 4.69) is 62.6 Å². The Balaban J connectivity index is 1.85. The van der Waals surface area contributed by atoms with E-state index in [1.807, 2.05) is 0 Å². The summed E-state index contributed by atoms with van der Waals surface area (Å²) < 4.78 is 27.4. The molecule has 35 heavy (non-hydrogen) atoms. The molecule has 4 N–H and O–H groups in total. The van der Waals surface area contributed by atoms with Crippen molar-refractivity contribution in [1.82, 2.24) is 10.6 Å². The van der Waals surface area contributed by atoms with Gasteiger partial charge in [0.05, 0.1) is 12.1 Å². The summed E-state index contributed by atoms with van der Waals surface area (Å²) in [7, 11) is 0. The smallest absolute Gasteiger partial charge is 0.404 e. The van der Waals surface area contributed by atoms with Crippen molar-refractivity contribution in [3.05, 3.63) is 70.8 Å². The van der Waals surface area contributed by atoms with Crippen LogP contribution in [0.15, 0.2) is 42.5 Å². The average Bonchev–Trinajstić information content (AvgIpc) is 2.76. The van der Waals surface area contributed by atoms with Crippen LogP contribution in [0.4, 0.5) is 13.6 Å². The molecule has 192 valence electrons. The molecule has 2 aromatic carbocycles. The molecule has 0 aliphatic heterocycles. The Labute approximate surface area is 207 Å². The Kier molecular flexibility index (Phi) is 8.54. The molecule has 0 spiro atoms. The second kappa shape index (κ2) is 11.0. The first-order chi connectivity index (χ1) is 16.4. The summed E-state index contributed by atoms with van der Waals surface area (Å²) in [5.41, 5.74) is 2.30. The lowest BCUT2D eigenvalue weighted by Crippen LogP contribution is -2.55. The quantitative estimate of drug-likeness (QED) is 0.396. The summed E-state index contributed by atoms with van der Waals surface area (Å²) in [5.74, 6) is -1.17. The first-order valence-electron chi connectivity index (χ1n) is 12.4. The minimum Gasteiger partial charge on any atom is -0.465 e. The Bertz CT molecular complexity index is 1000. The number of halogens is 2. The maximum absolute atomic E-state index is 13.7. The Morgan fingerprint density at radius 1 is 1.14 bits per heavy atom. The van der Waals surface area contributed by atoms with E-state index in [1.165, 1.54) is 11.1 Å². The number of hydrogen-bond donors (Lipinski definition) is 4. The molecule has 1 amide bonds. The molecular formula is C28H38F2N2O3. The zero-order chi connectivity index (χ0) is 25.8. The van der Waals surface area contributed by atoms with Crippen molar-refractivity contribution in [2.24, 2.45) is 5.92 Å². The minimum absolute atomic E-state index is 0.00858. The number of carboxylic acid groups (broad SMARTS) is 1. The first-order valence-corrected chi connectivity index (χ1v) is 12.4. The fraction of sp³-hybridized carbons (Fsp3) is 0.536. The molecule has 4 unspecified atom stereocenters. The molecular weight excluding hydrogens is 450 g/mol. The van der Waals surface area contributed by atoms with Gasteiger partial charge in [0.1, 0.15) is 11.6 Å². The maximum Gasteiger partial charge on any atom is 0.404 e. The lowest BCUT2D eigenvalue weighted by molar-refractivity contribution is 0.0843. The van der Waals surface area contributed by atoms with E-state index in [0.29, 0.717) is 5.92 Å². The van der Waals surface area contributed by atoms with Gasteiger partial charge in [0.15, 0.2) is 0 Å². The van der Waals surface area contributed by atoms with Crippen LogP contribution in [0, 0.1) is 17.6 Å². The third kappa shape index (κ3) is 6.79. The van der Waals surface area contributed by atoms with E-state index < -0.39 is 29.9 Å². The molecule has 3 rings (SSSR count). The number of benzene rings is 2. The van der Waals surface area contributed by atoms with E-state index in [-0.39, 0.29) is 29.5 Å². The normalized spacial score (nSPS) is 22.4. The summed E-state index contributed by atoms with van der Waals surface area (Å²) in [4.78, 5) is 11.4. The van der Waals surface area contributed by atoms with Crippen LogP contribution in [0.3, 0.4) is 0 Å². The molecule has 0 bridgehead atoms. The van der Waals surface area contributed by atoms with Crippen molar-refractivity contribution in [2.45, 2.75) is 82.9 Å². The van der Waals surface area contributed by atoms with E-state index in [0.717, 1.165) is 43.9 Å². The van der Waals surface area contributed by atoms with Gasteiger partial charge in [0.25, 0.3) is 0 Å². The molecule has 0 saturated heterocycles. The molecule has 5 nitrogen and oxygen atoms in total. The second-order valence-electron chi connectivity index (χ2n) is 10.9. The third-order valence-electron chi connectivity index (χ3n) is 7.32. The van der Waals surface area contributed by atoms with Gasteiger partial charge in [0.2, 0.25) is 0 Å². The van der Waals surface area contributed by atoms with Crippen LogP contribution < -0.4 is 10.6 Å². The van der Waals surface area contributed by atoms with Crippen LogP contribution in [0.2, 0.25) is 0 Å². The molecule has 1 fully saturated rings. The van der Waals surface area contributed by atoms with Crippen LogP contribution in [0.1, 0.15) is 70.1 Å². The van der Waals surface area contributed by atoms with Crippen molar-refractivity contribution < 1.29 is 23.8 Å². The lowest BCUT2D eigenvalue weighted by atomic mass is 9.68. The van der Waals surface area contributed by atoms with E-state index >= 15 is 0 Å². The van der Waals surface area contributed by atoms with Gasteiger partial charge in [-0.1, -0.05) is 64.8 Å². The van der Waals surface area contributed by atoms with Gasteiger partial charge < -0.3 is 20.8 Å². The highest BCUT2D eigenvalue weighted by molar-refractivity contribution is 5.65. The highest BCUT2D eigenvalue weighted by atomic mass is 19.1. The van der Waals surface area contributed by atoms with Crippen molar-refractivity contribution in [3.63, 3.8) is 0 Å². The van der Waals surface area contributed by atoms with Crippen molar-refractivity contribution in [2.75, 3.05) is 6.54 Å². The maximum atomic E-state index is 13.7. The Morgan fingerprint density at radius 3 is 2.43 bits per heavy atom. The highest BCUT2D eigenvalue weighted by Crippen LogP contribution is 2.42. The SMILES string of the molecule is CC1CCCCC1(NCC(O)C(Cc1cc(F)cc(F)c1)NC(=O)O)c1cccc(C(C)(C)C)c1.